The van der Waals surface area contributed by atoms with Crippen molar-refractivity contribution in [1.82, 2.24) is 0 Å². The zero-order valence-corrected chi connectivity index (χ0v) is 18.9. The number of ether oxygens (including phenoxy) is 1. The average molecular weight is 529 g/mol. The number of rotatable bonds is 5. The Kier molecular flexibility index (Phi) is 7.12. The van der Waals surface area contributed by atoms with Crippen molar-refractivity contribution in [3.05, 3.63) is 96.9 Å². The summed E-state index contributed by atoms with van der Waals surface area (Å²) in [5, 5.41) is 19.3. The first-order chi connectivity index (χ1) is 14.0. The Morgan fingerprint density at radius 3 is 2.38 bits per heavy atom. The smallest absolute Gasteiger partial charge is 0.148 e. The third kappa shape index (κ3) is 5.28. The van der Waals surface area contributed by atoms with Gasteiger partial charge >= 0.3 is 0 Å². The first-order valence-corrected chi connectivity index (χ1v) is 10.5. The van der Waals surface area contributed by atoms with Gasteiger partial charge < -0.3 is 4.74 Å². The molecular formula is C23H13Br2ClN2O. The molecule has 0 saturated carbocycles. The Labute approximate surface area is 191 Å². The highest BCUT2D eigenvalue weighted by atomic mass is 79.9. The SMILES string of the molecule is N#C/C(=C/c1cc(Br)c(OCc2ccccc2Cl)c(Br)c1)c1cccc(C#N)c1. The van der Waals surface area contributed by atoms with Gasteiger partial charge in [-0.2, -0.15) is 10.5 Å². The Hall–Kier alpha value is -2.57. The summed E-state index contributed by atoms with van der Waals surface area (Å²) in [6.07, 6.45) is 1.77. The van der Waals surface area contributed by atoms with E-state index in [4.69, 9.17) is 21.6 Å². The second-order valence-electron chi connectivity index (χ2n) is 6.06. The zero-order valence-electron chi connectivity index (χ0n) is 15.0. The van der Waals surface area contributed by atoms with Gasteiger partial charge in [-0.25, -0.2) is 0 Å². The fraction of sp³-hybridized carbons (Fsp3) is 0.0435. The van der Waals surface area contributed by atoms with Gasteiger partial charge in [0.05, 0.1) is 32.2 Å². The minimum Gasteiger partial charge on any atom is -0.486 e. The van der Waals surface area contributed by atoms with E-state index < -0.39 is 0 Å². The lowest BCUT2D eigenvalue weighted by atomic mass is 10.0. The van der Waals surface area contributed by atoms with Crippen molar-refractivity contribution in [2.24, 2.45) is 0 Å². The highest BCUT2D eigenvalue weighted by Crippen LogP contribution is 2.36. The standard InChI is InChI=1S/C23H13Br2ClN2O/c24-20-10-16(9-19(13-28)17-6-3-4-15(8-17)12-27)11-21(25)23(20)29-14-18-5-1-2-7-22(18)26/h1-11H,14H2/b19-9-. The molecule has 142 valence electrons. The number of hydrogen-bond donors (Lipinski definition) is 0. The second kappa shape index (κ2) is 9.76. The molecule has 0 aliphatic carbocycles. The lowest BCUT2D eigenvalue weighted by Gasteiger charge is -2.12. The molecule has 3 nitrogen and oxygen atoms in total. The molecule has 0 aromatic heterocycles. The van der Waals surface area contributed by atoms with Crippen LogP contribution in [0.2, 0.25) is 5.02 Å². The van der Waals surface area contributed by atoms with Crippen LogP contribution in [0.25, 0.3) is 11.6 Å². The number of allylic oxidation sites excluding steroid dienone is 1. The first kappa shape index (κ1) is 21.1. The minimum absolute atomic E-state index is 0.330. The van der Waals surface area contributed by atoms with Crippen LogP contribution in [-0.4, -0.2) is 0 Å². The van der Waals surface area contributed by atoms with Crippen LogP contribution in [0.5, 0.6) is 5.75 Å². The van der Waals surface area contributed by atoms with E-state index >= 15 is 0 Å². The van der Waals surface area contributed by atoms with Crippen molar-refractivity contribution in [3.63, 3.8) is 0 Å². The van der Waals surface area contributed by atoms with Gasteiger partial charge in [-0.3, -0.25) is 0 Å². The van der Waals surface area contributed by atoms with Gasteiger partial charge in [0.2, 0.25) is 0 Å². The minimum atomic E-state index is 0.330. The maximum absolute atomic E-state index is 9.57. The van der Waals surface area contributed by atoms with E-state index in [9.17, 15) is 5.26 Å². The number of benzene rings is 3. The third-order valence-electron chi connectivity index (χ3n) is 4.08. The van der Waals surface area contributed by atoms with E-state index in [2.05, 4.69) is 44.0 Å². The van der Waals surface area contributed by atoms with Gasteiger partial charge in [-0.1, -0.05) is 41.9 Å². The van der Waals surface area contributed by atoms with E-state index in [1.807, 2.05) is 36.4 Å². The number of hydrogen-bond acceptors (Lipinski definition) is 3. The van der Waals surface area contributed by atoms with Crippen molar-refractivity contribution >= 4 is 55.1 Å². The molecule has 0 amide bonds. The van der Waals surface area contributed by atoms with Crippen LogP contribution in [0.15, 0.2) is 69.6 Å². The van der Waals surface area contributed by atoms with Crippen LogP contribution < -0.4 is 4.74 Å². The lowest BCUT2D eigenvalue weighted by Crippen LogP contribution is -1.98. The molecule has 6 heteroatoms. The van der Waals surface area contributed by atoms with Gasteiger partial charge in [-0.15, -0.1) is 0 Å². The third-order valence-corrected chi connectivity index (χ3v) is 5.63. The molecule has 3 rings (SSSR count). The predicted octanol–water partition coefficient (Wildman–Crippen LogP) is 7.38. The quantitative estimate of drug-likeness (QED) is 0.256. The lowest BCUT2D eigenvalue weighted by molar-refractivity contribution is 0.302. The largest absolute Gasteiger partial charge is 0.486 e. The number of nitrogens with zero attached hydrogens (tertiary/aromatic N) is 2. The number of halogens is 3. The van der Waals surface area contributed by atoms with Crippen LogP contribution in [-0.2, 0) is 6.61 Å². The maximum atomic E-state index is 9.57. The number of nitriles is 2. The molecule has 0 radical (unpaired) electrons. The molecule has 3 aromatic carbocycles. The monoisotopic (exact) mass is 526 g/mol. The second-order valence-corrected chi connectivity index (χ2v) is 8.17. The summed E-state index contributed by atoms with van der Waals surface area (Å²) in [7, 11) is 0. The molecule has 0 bridgehead atoms. The molecule has 0 aliphatic rings. The van der Waals surface area contributed by atoms with Crippen LogP contribution in [0, 0.1) is 22.7 Å². The Morgan fingerprint density at radius 1 is 1.00 bits per heavy atom. The van der Waals surface area contributed by atoms with E-state index in [0.717, 1.165) is 20.1 Å². The van der Waals surface area contributed by atoms with Crippen molar-refractivity contribution < 1.29 is 4.74 Å². The van der Waals surface area contributed by atoms with Crippen molar-refractivity contribution in [2.45, 2.75) is 6.61 Å². The van der Waals surface area contributed by atoms with E-state index in [0.29, 0.717) is 34.1 Å². The van der Waals surface area contributed by atoms with Crippen molar-refractivity contribution in [1.29, 1.82) is 10.5 Å². The van der Waals surface area contributed by atoms with Crippen LogP contribution in [0.1, 0.15) is 22.3 Å². The normalized spacial score (nSPS) is 10.9. The van der Waals surface area contributed by atoms with Gasteiger partial charge in [0.15, 0.2) is 0 Å². The van der Waals surface area contributed by atoms with Crippen LogP contribution in [0.3, 0.4) is 0 Å². The fourth-order valence-electron chi connectivity index (χ4n) is 2.67. The van der Waals surface area contributed by atoms with E-state index in [-0.39, 0.29) is 0 Å². The molecule has 29 heavy (non-hydrogen) atoms. The summed E-state index contributed by atoms with van der Waals surface area (Å²) < 4.78 is 7.42. The predicted molar refractivity (Wildman–Crippen MR) is 122 cm³/mol. The highest BCUT2D eigenvalue weighted by Gasteiger charge is 2.11. The topological polar surface area (TPSA) is 56.8 Å². The molecule has 3 aromatic rings. The summed E-state index contributed by atoms with van der Waals surface area (Å²) in [5.41, 5.74) is 3.37. The molecule has 0 atom stereocenters. The van der Waals surface area contributed by atoms with Gasteiger partial charge in [0.25, 0.3) is 0 Å². The van der Waals surface area contributed by atoms with Gasteiger partial charge in [0, 0.05) is 10.6 Å². The molecule has 0 unspecified atom stereocenters. The fourth-order valence-corrected chi connectivity index (χ4v) is 4.31. The molecule has 0 N–H and O–H groups in total. The summed E-state index contributed by atoms with van der Waals surface area (Å²) in [6.45, 7) is 0.330. The Morgan fingerprint density at radius 2 is 1.72 bits per heavy atom. The molecule has 0 fully saturated rings. The highest BCUT2D eigenvalue weighted by molar-refractivity contribution is 9.11. The summed E-state index contributed by atoms with van der Waals surface area (Å²) in [6, 6.07) is 22.5. The van der Waals surface area contributed by atoms with Gasteiger partial charge in [-0.05, 0) is 79.4 Å². The van der Waals surface area contributed by atoms with Crippen LogP contribution in [0.4, 0.5) is 0 Å². The summed E-state index contributed by atoms with van der Waals surface area (Å²) in [5.74, 6) is 0.645. The van der Waals surface area contributed by atoms with Crippen LogP contribution >= 0.6 is 43.5 Å². The molecular weight excluding hydrogens is 516 g/mol. The average Bonchev–Trinajstić information content (AvgIpc) is 2.72. The Bertz CT molecular complexity index is 1150. The molecule has 0 saturated heterocycles. The summed E-state index contributed by atoms with van der Waals surface area (Å²) >= 11 is 13.3. The Balaban J connectivity index is 1.88. The zero-order chi connectivity index (χ0) is 20.8. The van der Waals surface area contributed by atoms with Crippen molar-refractivity contribution in [2.75, 3.05) is 0 Å². The molecule has 0 heterocycles. The van der Waals surface area contributed by atoms with Gasteiger partial charge in [0.1, 0.15) is 12.4 Å². The van der Waals surface area contributed by atoms with E-state index in [1.54, 1.807) is 30.3 Å². The maximum Gasteiger partial charge on any atom is 0.148 e. The molecule has 0 spiro atoms. The van der Waals surface area contributed by atoms with E-state index in [1.165, 1.54) is 0 Å². The summed E-state index contributed by atoms with van der Waals surface area (Å²) in [4.78, 5) is 0. The molecule has 0 aliphatic heterocycles. The van der Waals surface area contributed by atoms with Crippen molar-refractivity contribution in [3.8, 4) is 17.9 Å². The first-order valence-electron chi connectivity index (χ1n) is 8.49.